The number of nitrogens with zero attached hydrogens (tertiary/aromatic N) is 1. The highest BCUT2D eigenvalue weighted by Gasteiger charge is 2.24. The molecular weight excluding hydrogens is 361 g/mol. The molecule has 1 amide bonds. The Morgan fingerprint density at radius 3 is 2.44 bits per heavy atom. The van der Waals surface area contributed by atoms with Gasteiger partial charge in [0.25, 0.3) is 0 Å². The largest absolute Gasteiger partial charge is 0.492 e. The van der Waals surface area contributed by atoms with Crippen molar-refractivity contribution in [2.75, 3.05) is 32.6 Å². The number of nitrogens with two attached hydrogens (primary N) is 1. The molecule has 2 unspecified atom stereocenters. The number of amides is 1. The first-order valence-electron chi connectivity index (χ1n) is 8.47. The van der Waals surface area contributed by atoms with Gasteiger partial charge in [-0.05, 0) is 57.1 Å². The molecule has 1 fully saturated rings. The first kappa shape index (κ1) is 24.0. The van der Waals surface area contributed by atoms with Crippen LogP contribution in [0.25, 0.3) is 0 Å². The number of halogens is 2. The second-order valence-corrected chi connectivity index (χ2v) is 6.64. The average Bonchev–Trinajstić information content (AvgIpc) is 2.51. The Morgan fingerprint density at radius 1 is 1.20 bits per heavy atom. The maximum absolute atomic E-state index is 12.2. The number of ether oxygens (including phenoxy) is 1. The van der Waals surface area contributed by atoms with Gasteiger partial charge in [-0.15, -0.1) is 24.8 Å². The van der Waals surface area contributed by atoms with Crippen molar-refractivity contribution in [1.82, 2.24) is 4.90 Å². The van der Waals surface area contributed by atoms with E-state index in [2.05, 4.69) is 10.2 Å². The zero-order chi connectivity index (χ0) is 16.7. The van der Waals surface area contributed by atoms with E-state index in [0.29, 0.717) is 18.9 Å². The van der Waals surface area contributed by atoms with Crippen molar-refractivity contribution in [2.45, 2.75) is 38.1 Å². The molecular formula is C18H31Cl2N3O2. The molecule has 0 heterocycles. The Bertz CT molecular complexity index is 498. The summed E-state index contributed by atoms with van der Waals surface area (Å²) >= 11 is 0. The van der Waals surface area contributed by atoms with E-state index in [1.807, 2.05) is 38.4 Å². The minimum atomic E-state index is 0. The number of rotatable bonds is 7. The van der Waals surface area contributed by atoms with E-state index in [0.717, 1.165) is 30.8 Å². The van der Waals surface area contributed by atoms with Gasteiger partial charge < -0.3 is 20.7 Å². The van der Waals surface area contributed by atoms with Crippen LogP contribution in [-0.4, -0.2) is 44.1 Å². The van der Waals surface area contributed by atoms with E-state index in [4.69, 9.17) is 10.5 Å². The fourth-order valence-electron chi connectivity index (χ4n) is 2.92. The summed E-state index contributed by atoms with van der Waals surface area (Å²) in [7, 11) is 4.03. The fraction of sp³-hybridized carbons (Fsp3) is 0.611. The van der Waals surface area contributed by atoms with Crippen LogP contribution in [0.5, 0.6) is 5.75 Å². The van der Waals surface area contributed by atoms with Crippen LogP contribution in [0, 0.1) is 5.92 Å². The van der Waals surface area contributed by atoms with Crippen molar-refractivity contribution in [1.29, 1.82) is 0 Å². The monoisotopic (exact) mass is 391 g/mol. The molecule has 0 bridgehead atoms. The molecule has 0 saturated heterocycles. The predicted molar refractivity (Wildman–Crippen MR) is 108 cm³/mol. The number of carbonyl (C=O) groups is 1. The number of likely N-dealkylation sites (N-methyl/N-ethyl adjacent to an activating group) is 1. The Morgan fingerprint density at radius 2 is 1.84 bits per heavy atom. The van der Waals surface area contributed by atoms with Crippen LogP contribution in [0.2, 0.25) is 0 Å². The summed E-state index contributed by atoms with van der Waals surface area (Å²) in [5.74, 6) is 1.19. The van der Waals surface area contributed by atoms with Gasteiger partial charge in [0.15, 0.2) is 0 Å². The van der Waals surface area contributed by atoms with Crippen LogP contribution < -0.4 is 15.8 Å². The molecule has 7 heteroatoms. The SMILES string of the molecule is CN(C)CCOc1ccc(NC(=O)CC2CCCCC2N)cc1.Cl.Cl. The van der Waals surface area contributed by atoms with E-state index in [1.54, 1.807) is 0 Å². The van der Waals surface area contributed by atoms with E-state index in [-0.39, 0.29) is 36.8 Å². The first-order chi connectivity index (χ1) is 11.0. The Kier molecular flexibility index (Phi) is 11.9. The number of hydrogen-bond donors (Lipinski definition) is 2. The van der Waals surface area contributed by atoms with Gasteiger partial charge in [0, 0.05) is 24.7 Å². The molecule has 0 aromatic heterocycles. The van der Waals surface area contributed by atoms with Crippen LogP contribution in [0.3, 0.4) is 0 Å². The zero-order valence-corrected chi connectivity index (χ0v) is 16.7. The lowest BCUT2D eigenvalue weighted by atomic mass is 9.83. The molecule has 1 aromatic rings. The molecule has 0 spiro atoms. The first-order valence-corrected chi connectivity index (χ1v) is 8.47. The van der Waals surface area contributed by atoms with Gasteiger partial charge in [-0.1, -0.05) is 12.8 Å². The molecule has 1 aromatic carbocycles. The van der Waals surface area contributed by atoms with Gasteiger partial charge in [-0.3, -0.25) is 4.79 Å². The molecule has 5 nitrogen and oxygen atoms in total. The zero-order valence-electron chi connectivity index (χ0n) is 15.1. The number of carbonyl (C=O) groups excluding carboxylic acids is 1. The quantitative estimate of drug-likeness (QED) is 0.747. The maximum Gasteiger partial charge on any atom is 0.224 e. The van der Waals surface area contributed by atoms with Crippen molar-refractivity contribution in [3.05, 3.63) is 24.3 Å². The molecule has 1 saturated carbocycles. The minimum Gasteiger partial charge on any atom is -0.492 e. The topological polar surface area (TPSA) is 67.6 Å². The van der Waals surface area contributed by atoms with E-state index in [1.165, 1.54) is 12.8 Å². The van der Waals surface area contributed by atoms with Crippen molar-refractivity contribution in [3.63, 3.8) is 0 Å². The summed E-state index contributed by atoms with van der Waals surface area (Å²) in [6.45, 7) is 1.53. The van der Waals surface area contributed by atoms with Crippen LogP contribution in [0.1, 0.15) is 32.1 Å². The third-order valence-electron chi connectivity index (χ3n) is 4.36. The van der Waals surface area contributed by atoms with Gasteiger partial charge in [0.05, 0.1) is 0 Å². The summed E-state index contributed by atoms with van der Waals surface area (Å²) in [5, 5.41) is 2.95. The van der Waals surface area contributed by atoms with Gasteiger partial charge in [0.1, 0.15) is 12.4 Å². The van der Waals surface area contributed by atoms with E-state index >= 15 is 0 Å². The second kappa shape index (κ2) is 12.4. The molecule has 1 aliphatic carbocycles. The third kappa shape index (κ3) is 8.77. The highest BCUT2D eigenvalue weighted by Crippen LogP contribution is 2.26. The summed E-state index contributed by atoms with van der Waals surface area (Å²) in [6, 6.07) is 7.70. The van der Waals surface area contributed by atoms with Gasteiger partial charge in [-0.2, -0.15) is 0 Å². The van der Waals surface area contributed by atoms with Gasteiger partial charge in [0.2, 0.25) is 5.91 Å². The Labute approximate surface area is 163 Å². The number of hydrogen-bond acceptors (Lipinski definition) is 4. The van der Waals surface area contributed by atoms with Crippen molar-refractivity contribution >= 4 is 36.4 Å². The second-order valence-electron chi connectivity index (χ2n) is 6.64. The standard InChI is InChI=1S/C18H29N3O2.2ClH/c1-21(2)11-12-23-16-9-7-15(8-10-16)20-18(22)13-14-5-3-4-6-17(14)19;;/h7-10,14,17H,3-6,11-13,19H2,1-2H3,(H,20,22);2*1H. The third-order valence-corrected chi connectivity index (χ3v) is 4.36. The minimum absolute atomic E-state index is 0. The average molecular weight is 392 g/mol. The molecule has 144 valence electrons. The number of nitrogens with one attached hydrogen (secondary N) is 1. The molecule has 0 aliphatic heterocycles. The summed E-state index contributed by atoms with van der Waals surface area (Å²) in [4.78, 5) is 14.2. The molecule has 2 atom stereocenters. The molecule has 0 radical (unpaired) electrons. The molecule has 2 rings (SSSR count). The lowest BCUT2D eigenvalue weighted by Crippen LogP contribution is -2.35. The predicted octanol–water partition coefficient (Wildman–Crippen LogP) is 3.32. The van der Waals surface area contributed by atoms with Crippen LogP contribution in [0.15, 0.2) is 24.3 Å². The smallest absolute Gasteiger partial charge is 0.224 e. The maximum atomic E-state index is 12.2. The normalized spacial score (nSPS) is 19.5. The number of benzene rings is 1. The highest BCUT2D eigenvalue weighted by atomic mass is 35.5. The fourth-order valence-corrected chi connectivity index (χ4v) is 2.92. The Balaban J connectivity index is 0.00000288. The molecule has 3 N–H and O–H groups in total. The van der Waals surface area contributed by atoms with Crippen LogP contribution >= 0.6 is 24.8 Å². The molecule has 1 aliphatic rings. The van der Waals surface area contributed by atoms with Crippen molar-refractivity contribution in [3.8, 4) is 5.75 Å². The van der Waals surface area contributed by atoms with Gasteiger partial charge in [-0.25, -0.2) is 0 Å². The summed E-state index contributed by atoms with van der Waals surface area (Å²) in [5.41, 5.74) is 6.91. The lowest BCUT2D eigenvalue weighted by Gasteiger charge is -2.27. The van der Waals surface area contributed by atoms with Crippen molar-refractivity contribution in [2.24, 2.45) is 11.7 Å². The lowest BCUT2D eigenvalue weighted by molar-refractivity contribution is -0.117. The molecule has 25 heavy (non-hydrogen) atoms. The van der Waals surface area contributed by atoms with Crippen LogP contribution in [0.4, 0.5) is 5.69 Å². The number of anilines is 1. The van der Waals surface area contributed by atoms with Crippen molar-refractivity contribution < 1.29 is 9.53 Å². The van der Waals surface area contributed by atoms with Crippen LogP contribution in [-0.2, 0) is 4.79 Å². The Hall–Kier alpha value is -1.01. The highest BCUT2D eigenvalue weighted by molar-refractivity contribution is 5.90. The summed E-state index contributed by atoms with van der Waals surface area (Å²) < 4.78 is 5.64. The summed E-state index contributed by atoms with van der Waals surface area (Å²) in [6.07, 6.45) is 4.99. The van der Waals surface area contributed by atoms with Gasteiger partial charge >= 0.3 is 0 Å². The van der Waals surface area contributed by atoms with E-state index < -0.39 is 0 Å². The van der Waals surface area contributed by atoms with E-state index in [9.17, 15) is 4.79 Å².